The standard InChI is InChI=1S/C27H27N3O4S/c1-34-23-10-4-3-9-22(23)27(16-6-7-17-27)18-28-26(31)19-12-14-20(15-13-19)29-25-21-8-2-5-11-24(21)35(32,33)30-25/h2-5,8-15H,6-7,16-18H2,1H3,(H,28,31)(H,29,30). The summed E-state index contributed by atoms with van der Waals surface area (Å²) in [4.78, 5) is 13.2. The van der Waals surface area contributed by atoms with Gasteiger partial charge in [-0.05, 0) is 55.3 Å². The first kappa shape index (κ1) is 23.1. The van der Waals surface area contributed by atoms with Crippen LogP contribution < -0.4 is 15.4 Å². The van der Waals surface area contributed by atoms with E-state index in [1.807, 2.05) is 18.2 Å². The van der Waals surface area contributed by atoms with E-state index in [0.29, 0.717) is 23.4 Å². The van der Waals surface area contributed by atoms with Crippen LogP contribution in [0.2, 0.25) is 0 Å². The number of carbonyl (C=O) groups excluding carboxylic acids is 1. The van der Waals surface area contributed by atoms with Crippen LogP contribution in [0.25, 0.3) is 0 Å². The molecule has 2 N–H and O–H groups in total. The Morgan fingerprint density at radius 1 is 0.971 bits per heavy atom. The fourth-order valence-corrected chi connectivity index (χ4v) is 6.24. The number of sulfonamides is 1. The zero-order valence-corrected chi connectivity index (χ0v) is 20.3. The third kappa shape index (κ3) is 4.41. The molecule has 0 saturated heterocycles. The number of carbonyl (C=O) groups is 1. The van der Waals surface area contributed by atoms with Crippen LogP contribution in [0.1, 0.15) is 47.2 Å². The molecule has 180 valence electrons. The maximum Gasteiger partial charge on any atom is 0.285 e. The van der Waals surface area contributed by atoms with E-state index in [1.165, 1.54) is 0 Å². The Morgan fingerprint density at radius 2 is 1.66 bits per heavy atom. The fraction of sp³-hybridized carbons (Fsp3) is 0.259. The maximum atomic E-state index is 13.0. The van der Waals surface area contributed by atoms with Gasteiger partial charge in [0.1, 0.15) is 10.6 Å². The summed E-state index contributed by atoms with van der Waals surface area (Å²) in [5, 5.41) is 6.19. The first-order chi connectivity index (χ1) is 16.9. The summed E-state index contributed by atoms with van der Waals surface area (Å²) in [6.07, 6.45) is 4.25. The van der Waals surface area contributed by atoms with E-state index in [4.69, 9.17) is 4.74 Å². The van der Waals surface area contributed by atoms with Gasteiger partial charge in [0.05, 0.1) is 7.11 Å². The van der Waals surface area contributed by atoms with Crippen molar-refractivity contribution in [3.8, 4) is 5.75 Å². The molecule has 3 aromatic carbocycles. The predicted octanol–water partition coefficient (Wildman–Crippen LogP) is 4.50. The van der Waals surface area contributed by atoms with Gasteiger partial charge in [0.25, 0.3) is 15.9 Å². The molecule has 1 amide bonds. The van der Waals surface area contributed by atoms with E-state index in [-0.39, 0.29) is 22.1 Å². The molecule has 0 aromatic heterocycles. The molecule has 1 aliphatic carbocycles. The van der Waals surface area contributed by atoms with E-state index in [2.05, 4.69) is 21.1 Å². The van der Waals surface area contributed by atoms with Gasteiger partial charge in [-0.2, -0.15) is 8.42 Å². The van der Waals surface area contributed by atoms with Gasteiger partial charge < -0.3 is 15.4 Å². The number of benzene rings is 3. The van der Waals surface area contributed by atoms with Gasteiger partial charge in [-0.15, -0.1) is 4.40 Å². The minimum absolute atomic E-state index is 0.136. The lowest BCUT2D eigenvalue weighted by Crippen LogP contribution is -2.39. The number of methoxy groups -OCH3 is 1. The van der Waals surface area contributed by atoms with E-state index < -0.39 is 10.0 Å². The highest BCUT2D eigenvalue weighted by atomic mass is 32.2. The molecule has 35 heavy (non-hydrogen) atoms. The van der Waals surface area contributed by atoms with Gasteiger partial charge >= 0.3 is 0 Å². The monoisotopic (exact) mass is 489 g/mol. The smallest absolute Gasteiger partial charge is 0.285 e. The van der Waals surface area contributed by atoms with Crippen LogP contribution in [0.3, 0.4) is 0 Å². The topological polar surface area (TPSA) is 96.9 Å². The number of fused-ring (bicyclic) bond motifs is 1. The molecular weight excluding hydrogens is 462 g/mol. The molecule has 0 bridgehead atoms. The number of para-hydroxylation sites is 1. The van der Waals surface area contributed by atoms with Crippen LogP contribution in [-0.2, 0) is 15.4 Å². The van der Waals surface area contributed by atoms with Gasteiger partial charge in [0.15, 0.2) is 5.84 Å². The number of amidine groups is 1. The number of nitrogens with one attached hydrogen (secondary N) is 2. The SMILES string of the molecule is COc1ccccc1C1(CNC(=O)c2ccc(NC3=NS(=O)(=O)c4ccccc43)cc2)CCCC1. The minimum Gasteiger partial charge on any atom is -0.496 e. The normalized spacial score (nSPS) is 17.3. The first-order valence-electron chi connectivity index (χ1n) is 11.7. The highest BCUT2D eigenvalue weighted by molar-refractivity contribution is 7.90. The molecule has 1 heterocycles. The van der Waals surface area contributed by atoms with Crippen LogP contribution in [0.4, 0.5) is 5.69 Å². The highest BCUT2D eigenvalue weighted by Gasteiger charge is 2.38. The Morgan fingerprint density at radius 3 is 2.40 bits per heavy atom. The summed E-state index contributed by atoms with van der Waals surface area (Å²) in [5.74, 6) is 0.985. The average Bonchev–Trinajstić information content (AvgIpc) is 3.46. The molecule has 1 aliphatic heterocycles. The molecule has 1 fully saturated rings. The summed E-state index contributed by atoms with van der Waals surface area (Å²) in [5.41, 5.74) is 2.72. The summed E-state index contributed by atoms with van der Waals surface area (Å²) in [6, 6.07) is 21.7. The van der Waals surface area contributed by atoms with Crippen LogP contribution in [-0.4, -0.2) is 33.8 Å². The third-order valence-corrected chi connectivity index (χ3v) is 8.20. The molecule has 2 aliphatic rings. The number of amides is 1. The average molecular weight is 490 g/mol. The number of hydrogen-bond donors (Lipinski definition) is 2. The second-order valence-electron chi connectivity index (χ2n) is 8.98. The quantitative estimate of drug-likeness (QED) is 0.532. The molecule has 0 atom stereocenters. The van der Waals surface area contributed by atoms with Crippen molar-refractivity contribution in [1.29, 1.82) is 0 Å². The molecule has 0 spiro atoms. The highest BCUT2D eigenvalue weighted by Crippen LogP contribution is 2.44. The van der Waals surface area contributed by atoms with Gasteiger partial charge in [0, 0.05) is 34.3 Å². The molecule has 0 radical (unpaired) electrons. The Balaban J connectivity index is 1.28. The van der Waals surface area contributed by atoms with Crippen molar-refractivity contribution in [3.63, 3.8) is 0 Å². The second kappa shape index (κ2) is 9.19. The summed E-state index contributed by atoms with van der Waals surface area (Å²) in [6.45, 7) is 0.539. The molecule has 0 unspecified atom stereocenters. The maximum absolute atomic E-state index is 13.0. The van der Waals surface area contributed by atoms with E-state index in [9.17, 15) is 13.2 Å². The lowest BCUT2D eigenvalue weighted by atomic mass is 9.78. The number of ether oxygens (including phenoxy) is 1. The van der Waals surface area contributed by atoms with Crippen molar-refractivity contribution in [3.05, 3.63) is 89.5 Å². The van der Waals surface area contributed by atoms with Gasteiger partial charge in [0.2, 0.25) is 0 Å². The van der Waals surface area contributed by atoms with Crippen LogP contribution in [0.15, 0.2) is 82.1 Å². The Bertz CT molecular complexity index is 1390. The van der Waals surface area contributed by atoms with Crippen molar-refractivity contribution in [2.75, 3.05) is 19.0 Å². The van der Waals surface area contributed by atoms with E-state index in [1.54, 1.807) is 55.6 Å². The predicted molar refractivity (Wildman–Crippen MR) is 136 cm³/mol. The Kier molecular flexibility index (Phi) is 6.06. The number of anilines is 1. The lowest BCUT2D eigenvalue weighted by molar-refractivity contribution is 0.0942. The zero-order chi connectivity index (χ0) is 24.5. The zero-order valence-electron chi connectivity index (χ0n) is 19.5. The van der Waals surface area contributed by atoms with Crippen molar-refractivity contribution in [2.45, 2.75) is 36.0 Å². The molecular formula is C27H27N3O4S. The van der Waals surface area contributed by atoms with E-state index in [0.717, 1.165) is 37.0 Å². The first-order valence-corrected chi connectivity index (χ1v) is 13.1. The summed E-state index contributed by atoms with van der Waals surface area (Å²) < 4.78 is 34.0. The Labute approximate surface area is 205 Å². The summed E-state index contributed by atoms with van der Waals surface area (Å²) >= 11 is 0. The molecule has 3 aromatic rings. The summed E-state index contributed by atoms with van der Waals surface area (Å²) in [7, 11) is -2.01. The van der Waals surface area contributed by atoms with Gasteiger partial charge in [-0.25, -0.2) is 0 Å². The van der Waals surface area contributed by atoms with Crippen molar-refractivity contribution in [1.82, 2.24) is 5.32 Å². The van der Waals surface area contributed by atoms with Crippen LogP contribution >= 0.6 is 0 Å². The molecule has 7 nitrogen and oxygen atoms in total. The van der Waals surface area contributed by atoms with Gasteiger partial charge in [-0.3, -0.25) is 4.79 Å². The molecule has 1 saturated carbocycles. The minimum atomic E-state index is -3.69. The second-order valence-corrected chi connectivity index (χ2v) is 10.6. The van der Waals surface area contributed by atoms with Crippen molar-refractivity contribution in [2.24, 2.45) is 4.40 Å². The largest absolute Gasteiger partial charge is 0.496 e. The molecule has 5 rings (SSSR count). The van der Waals surface area contributed by atoms with Crippen LogP contribution in [0, 0.1) is 0 Å². The third-order valence-electron chi connectivity index (χ3n) is 6.87. The van der Waals surface area contributed by atoms with Crippen molar-refractivity contribution < 1.29 is 17.9 Å². The van der Waals surface area contributed by atoms with E-state index >= 15 is 0 Å². The number of hydrogen-bond acceptors (Lipinski definition) is 5. The molecule has 8 heteroatoms. The number of rotatable bonds is 6. The number of nitrogens with zero attached hydrogens (tertiary/aromatic N) is 1. The fourth-order valence-electron chi connectivity index (χ4n) is 5.06. The Hall–Kier alpha value is -3.65. The van der Waals surface area contributed by atoms with Crippen LogP contribution in [0.5, 0.6) is 5.75 Å². The van der Waals surface area contributed by atoms with Gasteiger partial charge in [-0.1, -0.05) is 43.2 Å². The van der Waals surface area contributed by atoms with Crippen molar-refractivity contribution >= 4 is 27.5 Å². The lowest BCUT2D eigenvalue weighted by Gasteiger charge is -2.31.